The van der Waals surface area contributed by atoms with Crippen molar-refractivity contribution in [1.29, 1.82) is 0 Å². The average Bonchev–Trinajstić information content (AvgIpc) is 2.43. The van der Waals surface area contributed by atoms with E-state index in [1.54, 1.807) is 31.4 Å². The summed E-state index contributed by atoms with van der Waals surface area (Å²) in [7, 11) is 1.55. The lowest BCUT2D eigenvalue weighted by atomic mass is 10.2. The summed E-state index contributed by atoms with van der Waals surface area (Å²) in [5.41, 5.74) is 0. The first-order valence-corrected chi connectivity index (χ1v) is 6.93. The van der Waals surface area contributed by atoms with Crippen molar-refractivity contribution in [2.45, 2.75) is 18.6 Å². The van der Waals surface area contributed by atoms with Gasteiger partial charge >= 0.3 is 0 Å². The fourth-order valence-corrected chi connectivity index (χ4v) is 1.72. The van der Waals surface area contributed by atoms with E-state index in [-0.39, 0.29) is 6.61 Å². The molecular weight excluding hydrogens is 282 g/mol. The molecule has 6 heteroatoms. The number of rotatable bonds is 10. The molecule has 1 aromatic rings. The van der Waals surface area contributed by atoms with E-state index in [1.165, 1.54) is 0 Å². The summed E-state index contributed by atoms with van der Waals surface area (Å²) in [5, 5.41) is 22.9. The molecule has 1 aromatic carbocycles. The predicted octanol–water partition coefficient (Wildman–Crippen LogP) is 1.07. The Labute approximate surface area is 124 Å². The minimum atomic E-state index is -0.606. The summed E-state index contributed by atoms with van der Waals surface area (Å²) in [6.45, 7) is 1.55. The van der Waals surface area contributed by atoms with Gasteiger partial charge in [0.1, 0.15) is 18.5 Å². The van der Waals surface area contributed by atoms with Crippen molar-refractivity contribution in [3.8, 4) is 5.75 Å². The number of aliphatic hydroxyl groups excluding tert-OH is 2. The van der Waals surface area contributed by atoms with Crippen LogP contribution in [-0.2, 0) is 4.74 Å². The lowest BCUT2D eigenvalue weighted by molar-refractivity contribution is 0.0577. The van der Waals surface area contributed by atoms with E-state index in [2.05, 4.69) is 5.32 Å². The lowest BCUT2D eigenvalue weighted by Gasteiger charge is -2.14. The van der Waals surface area contributed by atoms with Crippen molar-refractivity contribution in [3.05, 3.63) is 29.3 Å². The minimum Gasteiger partial charge on any atom is -0.491 e. The Balaban J connectivity index is 2.08. The summed E-state index contributed by atoms with van der Waals surface area (Å²) in [5.74, 6) is 0.670. The molecule has 3 N–H and O–H groups in total. The van der Waals surface area contributed by atoms with Gasteiger partial charge < -0.3 is 25.0 Å². The SMILES string of the molecule is COCC(O)CCNCC(O)COc1ccc(Cl)cc1. The third-order valence-corrected chi connectivity index (χ3v) is 2.90. The van der Waals surface area contributed by atoms with E-state index >= 15 is 0 Å². The van der Waals surface area contributed by atoms with Crippen molar-refractivity contribution < 1.29 is 19.7 Å². The molecule has 1 rings (SSSR count). The molecule has 0 radical (unpaired) electrons. The van der Waals surface area contributed by atoms with Gasteiger partial charge in [-0.05, 0) is 37.2 Å². The molecule has 0 aliphatic rings. The fourth-order valence-electron chi connectivity index (χ4n) is 1.60. The average molecular weight is 304 g/mol. The second kappa shape index (κ2) is 9.96. The molecule has 0 fully saturated rings. The van der Waals surface area contributed by atoms with Crippen LogP contribution in [0.5, 0.6) is 5.75 Å². The van der Waals surface area contributed by atoms with Gasteiger partial charge in [0.2, 0.25) is 0 Å². The molecule has 5 nitrogen and oxygen atoms in total. The van der Waals surface area contributed by atoms with Gasteiger partial charge in [0.25, 0.3) is 0 Å². The van der Waals surface area contributed by atoms with E-state index in [1.807, 2.05) is 0 Å². The van der Waals surface area contributed by atoms with Gasteiger partial charge in [-0.25, -0.2) is 0 Å². The summed E-state index contributed by atoms with van der Waals surface area (Å²) in [6, 6.07) is 6.98. The second-order valence-corrected chi connectivity index (χ2v) is 4.96. The third-order valence-electron chi connectivity index (χ3n) is 2.65. The largest absolute Gasteiger partial charge is 0.491 e. The van der Waals surface area contributed by atoms with Crippen LogP contribution in [-0.4, -0.2) is 55.8 Å². The van der Waals surface area contributed by atoms with Crippen LogP contribution in [0, 0.1) is 0 Å². The van der Waals surface area contributed by atoms with Gasteiger partial charge in [0.05, 0.1) is 12.7 Å². The number of ether oxygens (including phenoxy) is 2. The monoisotopic (exact) mass is 303 g/mol. The van der Waals surface area contributed by atoms with Gasteiger partial charge in [-0.1, -0.05) is 11.6 Å². The highest BCUT2D eigenvalue weighted by Crippen LogP contribution is 2.15. The molecule has 114 valence electrons. The highest BCUT2D eigenvalue weighted by atomic mass is 35.5. The van der Waals surface area contributed by atoms with Crippen molar-refractivity contribution in [1.82, 2.24) is 5.32 Å². The Kier molecular flexibility index (Phi) is 8.57. The molecule has 0 aliphatic heterocycles. The molecular formula is C14H22ClNO4. The van der Waals surface area contributed by atoms with Crippen LogP contribution in [0.25, 0.3) is 0 Å². The standard InChI is InChI=1S/C14H22ClNO4/c1-19-9-12(17)6-7-16-8-13(18)10-20-14-4-2-11(15)3-5-14/h2-5,12-13,16-18H,6-10H2,1H3. The zero-order valence-corrected chi connectivity index (χ0v) is 12.3. The lowest BCUT2D eigenvalue weighted by Crippen LogP contribution is -2.33. The maximum Gasteiger partial charge on any atom is 0.119 e. The normalized spacial score (nSPS) is 14.0. The highest BCUT2D eigenvalue weighted by molar-refractivity contribution is 6.30. The zero-order valence-electron chi connectivity index (χ0n) is 11.6. The van der Waals surface area contributed by atoms with E-state index in [9.17, 15) is 10.2 Å². The Morgan fingerprint density at radius 3 is 2.50 bits per heavy atom. The van der Waals surface area contributed by atoms with Crippen molar-refractivity contribution >= 4 is 11.6 Å². The molecule has 0 amide bonds. The minimum absolute atomic E-state index is 0.204. The van der Waals surface area contributed by atoms with Crippen LogP contribution in [0.4, 0.5) is 0 Å². The number of methoxy groups -OCH3 is 1. The molecule has 20 heavy (non-hydrogen) atoms. The van der Waals surface area contributed by atoms with Crippen molar-refractivity contribution in [3.63, 3.8) is 0 Å². The number of benzene rings is 1. The first-order chi connectivity index (χ1) is 9.61. The Morgan fingerprint density at radius 1 is 1.15 bits per heavy atom. The molecule has 0 saturated carbocycles. The maximum absolute atomic E-state index is 9.73. The molecule has 0 heterocycles. The van der Waals surface area contributed by atoms with Crippen LogP contribution in [0.1, 0.15) is 6.42 Å². The molecule has 2 atom stereocenters. The van der Waals surface area contributed by atoms with Gasteiger partial charge in [0.15, 0.2) is 0 Å². The van der Waals surface area contributed by atoms with E-state index in [0.29, 0.717) is 36.9 Å². The molecule has 0 aromatic heterocycles. The first-order valence-electron chi connectivity index (χ1n) is 6.56. The maximum atomic E-state index is 9.73. The molecule has 0 bridgehead atoms. The molecule has 0 aliphatic carbocycles. The number of aliphatic hydroxyl groups is 2. The third kappa shape index (κ3) is 7.67. The smallest absolute Gasteiger partial charge is 0.119 e. The van der Waals surface area contributed by atoms with Gasteiger partial charge in [-0.15, -0.1) is 0 Å². The Bertz CT molecular complexity index is 361. The van der Waals surface area contributed by atoms with Gasteiger partial charge in [0, 0.05) is 18.7 Å². The van der Waals surface area contributed by atoms with Gasteiger partial charge in [-0.2, -0.15) is 0 Å². The van der Waals surface area contributed by atoms with Crippen LogP contribution < -0.4 is 10.1 Å². The first kappa shape index (κ1) is 17.2. The molecule has 2 unspecified atom stereocenters. The van der Waals surface area contributed by atoms with Crippen molar-refractivity contribution in [2.24, 2.45) is 0 Å². The van der Waals surface area contributed by atoms with E-state index in [4.69, 9.17) is 21.1 Å². The number of hydrogen-bond acceptors (Lipinski definition) is 5. The molecule has 0 spiro atoms. The van der Waals surface area contributed by atoms with Crippen LogP contribution >= 0.6 is 11.6 Å². The van der Waals surface area contributed by atoms with Crippen LogP contribution in [0.15, 0.2) is 24.3 Å². The van der Waals surface area contributed by atoms with Crippen LogP contribution in [0.2, 0.25) is 5.02 Å². The molecule has 0 saturated heterocycles. The zero-order chi connectivity index (χ0) is 14.8. The Hall–Kier alpha value is -0.850. The summed E-state index contributed by atoms with van der Waals surface area (Å²) >= 11 is 5.76. The van der Waals surface area contributed by atoms with E-state index < -0.39 is 12.2 Å². The number of halogens is 1. The van der Waals surface area contributed by atoms with Crippen molar-refractivity contribution in [2.75, 3.05) is 33.4 Å². The number of nitrogens with one attached hydrogen (secondary N) is 1. The summed E-state index contributed by atoms with van der Waals surface area (Å²) < 4.78 is 10.2. The predicted molar refractivity (Wildman–Crippen MR) is 78.3 cm³/mol. The fraction of sp³-hybridized carbons (Fsp3) is 0.571. The topological polar surface area (TPSA) is 71.0 Å². The number of hydrogen-bond donors (Lipinski definition) is 3. The Morgan fingerprint density at radius 2 is 1.85 bits per heavy atom. The van der Waals surface area contributed by atoms with E-state index in [0.717, 1.165) is 0 Å². The van der Waals surface area contributed by atoms with Gasteiger partial charge in [-0.3, -0.25) is 0 Å². The summed E-state index contributed by atoms with van der Waals surface area (Å²) in [4.78, 5) is 0. The second-order valence-electron chi connectivity index (χ2n) is 4.52. The summed E-state index contributed by atoms with van der Waals surface area (Å²) in [6.07, 6.45) is -0.501. The van der Waals surface area contributed by atoms with Crippen LogP contribution in [0.3, 0.4) is 0 Å². The quantitative estimate of drug-likeness (QED) is 0.564. The highest BCUT2D eigenvalue weighted by Gasteiger charge is 2.06.